The molecule has 0 aliphatic carbocycles. The van der Waals surface area contributed by atoms with Gasteiger partial charge < -0.3 is 5.73 Å². The minimum Gasteiger partial charge on any atom is -0.324 e. The number of hydrogen-bond acceptors (Lipinski definition) is 2. The van der Waals surface area contributed by atoms with E-state index in [0.29, 0.717) is 16.6 Å². The Hall–Kier alpha value is -1.03. The maximum atomic E-state index is 6.27. The predicted molar refractivity (Wildman–Crippen MR) is 89.1 cm³/mol. The van der Waals surface area contributed by atoms with Crippen molar-refractivity contribution >= 4 is 23.2 Å². The molecule has 114 valence electrons. The average molecular weight is 326 g/mol. The van der Waals surface area contributed by atoms with E-state index in [1.807, 2.05) is 23.7 Å². The van der Waals surface area contributed by atoms with Crippen molar-refractivity contribution in [3.8, 4) is 0 Å². The van der Waals surface area contributed by atoms with Gasteiger partial charge in [-0.25, -0.2) is 0 Å². The Bertz CT molecular complexity index is 633. The van der Waals surface area contributed by atoms with Crippen LogP contribution in [-0.4, -0.2) is 9.78 Å². The van der Waals surface area contributed by atoms with Crippen LogP contribution in [0, 0.1) is 0 Å². The van der Waals surface area contributed by atoms with E-state index in [4.69, 9.17) is 34.0 Å². The van der Waals surface area contributed by atoms with E-state index in [1.54, 1.807) is 6.07 Å². The monoisotopic (exact) mass is 325 g/mol. The summed E-state index contributed by atoms with van der Waals surface area (Å²) in [5, 5.41) is 6.04. The van der Waals surface area contributed by atoms with Crippen molar-refractivity contribution in [3.63, 3.8) is 0 Å². The Morgan fingerprint density at radius 3 is 2.48 bits per heavy atom. The van der Waals surface area contributed by atoms with Crippen LogP contribution in [0.3, 0.4) is 0 Å². The van der Waals surface area contributed by atoms with Gasteiger partial charge in [-0.05, 0) is 37.5 Å². The summed E-state index contributed by atoms with van der Waals surface area (Å²) < 4.78 is 2.02. The first kappa shape index (κ1) is 16.3. The van der Waals surface area contributed by atoms with E-state index in [-0.39, 0.29) is 6.04 Å². The topological polar surface area (TPSA) is 43.8 Å². The molecule has 1 atom stereocenters. The summed E-state index contributed by atoms with van der Waals surface area (Å²) in [6.07, 6.45) is 1.78. The number of hydrogen-bond donors (Lipinski definition) is 1. The highest BCUT2D eigenvalue weighted by molar-refractivity contribution is 6.35. The quantitative estimate of drug-likeness (QED) is 0.886. The second kappa shape index (κ2) is 6.82. The maximum absolute atomic E-state index is 6.27. The van der Waals surface area contributed by atoms with Gasteiger partial charge in [-0.3, -0.25) is 4.68 Å². The molecule has 1 aromatic carbocycles. The van der Waals surface area contributed by atoms with Crippen molar-refractivity contribution in [1.29, 1.82) is 0 Å². The largest absolute Gasteiger partial charge is 0.324 e. The number of nitrogens with zero attached hydrogens (tertiary/aromatic N) is 2. The van der Waals surface area contributed by atoms with Crippen LogP contribution in [0.5, 0.6) is 0 Å². The molecule has 1 heterocycles. The zero-order valence-electron chi connectivity index (χ0n) is 12.7. The fourth-order valence-corrected chi connectivity index (χ4v) is 3.14. The molecule has 3 nitrogen and oxygen atoms in total. The molecule has 0 amide bonds. The van der Waals surface area contributed by atoms with Crippen molar-refractivity contribution in [1.82, 2.24) is 9.78 Å². The Morgan fingerprint density at radius 2 is 1.95 bits per heavy atom. The summed E-state index contributed by atoms with van der Waals surface area (Å²) in [6, 6.07) is 5.55. The van der Waals surface area contributed by atoms with E-state index in [1.165, 1.54) is 11.3 Å². The molecule has 0 saturated heterocycles. The van der Waals surface area contributed by atoms with E-state index >= 15 is 0 Å². The van der Waals surface area contributed by atoms with Crippen LogP contribution in [-0.2, 0) is 19.4 Å². The molecule has 5 heteroatoms. The minimum atomic E-state index is -0.00987. The van der Waals surface area contributed by atoms with E-state index in [2.05, 4.69) is 13.8 Å². The highest BCUT2D eigenvalue weighted by Gasteiger charge is 2.18. The van der Waals surface area contributed by atoms with Gasteiger partial charge in [-0.15, -0.1) is 0 Å². The van der Waals surface area contributed by atoms with Crippen LogP contribution in [0.1, 0.15) is 49.3 Å². The van der Waals surface area contributed by atoms with Crippen LogP contribution in [0.4, 0.5) is 0 Å². The maximum Gasteiger partial charge on any atom is 0.0677 e. The standard InChI is InChI=1S/C16H21Cl2N3/c1-4-14-16(10(3)19)15(5-2)21(20-14)9-11-6-7-12(17)8-13(11)18/h6-8,10H,4-5,9,19H2,1-3H3. The van der Waals surface area contributed by atoms with Crippen molar-refractivity contribution in [2.24, 2.45) is 5.73 Å². The van der Waals surface area contributed by atoms with Gasteiger partial charge in [-0.1, -0.05) is 43.1 Å². The lowest BCUT2D eigenvalue weighted by Crippen LogP contribution is -2.11. The Morgan fingerprint density at radius 1 is 1.24 bits per heavy atom. The number of benzene rings is 1. The minimum absolute atomic E-state index is 0.00987. The molecule has 1 unspecified atom stereocenters. The molecular weight excluding hydrogens is 305 g/mol. The lowest BCUT2D eigenvalue weighted by molar-refractivity contribution is 0.637. The number of aryl methyl sites for hydroxylation is 1. The SMILES string of the molecule is CCc1nn(Cc2ccc(Cl)cc2Cl)c(CC)c1C(C)N. The zero-order chi connectivity index (χ0) is 15.6. The van der Waals surface area contributed by atoms with Gasteiger partial charge in [0, 0.05) is 27.3 Å². The van der Waals surface area contributed by atoms with Crippen LogP contribution in [0.15, 0.2) is 18.2 Å². The molecule has 0 spiro atoms. The summed E-state index contributed by atoms with van der Waals surface area (Å²) in [5.74, 6) is 0. The molecule has 21 heavy (non-hydrogen) atoms. The Balaban J connectivity index is 2.44. The van der Waals surface area contributed by atoms with Crippen molar-refractivity contribution in [2.75, 3.05) is 0 Å². The van der Waals surface area contributed by atoms with Gasteiger partial charge in [0.1, 0.15) is 0 Å². The molecule has 0 radical (unpaired) electrons. The van der Waals surface area contributed by atoms with Gasteiger partial charge in [-0.2, -0.15) is 5.10 Å². The van der Waals surface area contributed by atoms with Crippen molar-refractivity contribution in [3.05, 3.63) is 50.8 Å². The molecule has 0 fully saturated rings. The van der Waals surface area contributed by atoms with Crippen LogP contribution < -0.4 is 5.73 Å². The first-order valence-corrected chi connectivity index (χ1v) is 8.01. The third-order valence-corrected chi connectivity index (χ3v) is 4.22. The number of halogens is 2. The van der Waals surface area contributed by atoms with Crippen molar-refractivity contribution < 1.29 is 0 Å². The average Bonchev–Trinajstić information content (AvgIpc) is 2.79. The molecule has 0 aliphatic rings. The normalized spacial score (nSPS) is 12.7. The Kier molecular flexibility index (Phi) is 5.31. The first-order valence-electron chi connectivity index (χ1n) is 7.25. The van der Waals surface area contributed by atoms with Gasteiger partial charge in [0.2, 0.25) is 0 Å². The predicted octanol–water partition coefficient (Wildman–Crippen LogP) is 4.38. The number of aromatic nitrogens is 2. The third kappa shape index (κ3) is 3.42. The van der Waals surface area contributed by atoms with Gasteiger partial charge in [0.15, 0.2) is 0 Å². The number of rotatable bonds is 5. The number of nitrogens with two attached hydrogens (primary N) is 1. The molecular formula is C16H21Cl2N3. The van der Waals surface area contributed by atoms with E-state index in [0.717, 1.165) is 24.1 Å². The van der Waals surface area contributed by atoms with Gasteiger partial charge in [0.25, 0.3) is 0 Å². The third-order valence-electron chi connectivity index (χ3n) is 3.64. The van der Waals surface area contributed by atoms with Crippen molar-refractivity contribution in [2.45, 2.75) is 46.2 Å². The second-order valence-corrected chi connectivity index (χ2v) is 6.04. The Labute approximate surface area is 136 Å². The van der Waals surface area contributed by atoms with E-state index in [9.17, 15) is 0 Å². The molecule has 2 aromatic rings. The smallest absolute Gasteiger partial charge is 0.0677 e. The van der Waals surface area contributed by atoms with Crippen LogP contribution >= 0.6 is 23.2 Å². The summed E-state index contributed by atoms with van der Waals surface area (Å²) in [7, 11) is 0. The second-order valence-electron chi connectivity index (χ2n) is 5.20. The highest BCUT2D eigenvalue weighted by atomic mass is 35.5. The molecule has 2 rings (SSSR count). The first-order chi connectivity index (χ1) is 9.97. The molecule has 0 bridgehead atoms. The fraction of sp³-hybridized carbons (Fsp3) is 0.438. The van der Waals surface area contributed by atoms with Crippen LogP contribution in [0.2, 0.25) is 10.0 Å². The van der Waals surface area contributed by atoms with Gasteiger partial charge >= 0.3 is 0 Å². The molecule has 2 N–H and O–H groups in total. The summed E-state index contributed by atoms with van der Waals surface area (Å²) in [4.78, 5) is 0. The van der Waals surface area contributed by atoms with Gasteiger partial charge in [0.05, 0.1) is 12.2 Å². The van der Waals surface area contributed by atoms with E-state index < -0.39 is 0 Å². The lowest BCUT2D eigenvalue weighted by atomic mass is 10.0. The molecule has 0 aliphatic heterocycles. The summed E-state index contributed by atoms with van der Waals surface area (Å²) in [6.45, 7) is 6.88. The summed E-state index contributed by atoms with van der Waals surface area (Å²) in [5.41, 5.74) is 10.6. The summed E-state index contributed by atoms with van der Waals surface area (Å²) >= 11 is 12.2. The lowest BCUT2D eigenvalue weighted by Gasteiger charge is -2.11. The molecule has 0 saturated carbocycles. The zero-order valence-corrected chi connectivity index (χ0v) is 14.2. The van der Waals surface area contributed by atoms with Crippen LogP contribution in [0.25, 0.3) is 0 Å². The fourth-order valence-electron chi connectivity index (χ4n) is 2.67. The molecule has 1 aromatic heterocycles. The highest BCUT2D eigenvalue weighted by Crippen LogP contribution is 2.26.